The molecule has 0 unspecified atom stereocenters. The summed E-state index contributed by atoms with van der Waals surface area (Å²) in [6.45, 7) is 2.31. The molecule has 0 aliphatic carbocycles. The molecular weight excluding hydrogens is 312 g/mol. The molecule has 2 aromatic carbocycles. The zero-order chi connectivity index (χ0) is 13.8. The number of halogens is 3. The van der Waals surface area contributed by atoms with Gasteiger partial charge in [-0.25, -0.2) is 8.78 Å². The summed E-state index contributed by atoms with van der Waals surface area (Å²) in [6, 6.07) is 10.1. The van der Waals surface area contributed by atoms with Crippen molar-refractivity contribution in [1.29, 1.82) is 0 Å². The predicted octanol–water partition coefficient (Wildman–Crippen LogP) is 4.90. The molecule has 1 N–H and O–H groups in total. The van der Waals surface area contributed by atoms with Crippen LogP contribution in [-0.2, 0) is 13.0 Å². The van der Waals surface area contributed by atoms with Gasteiger partial charge in [0.2, 0.25) is 0 Å². The monoisotopic (exact) mass is 325 g/mol. The van der Waals surface area contributed by atoms with E-state index in [0.717, 1.165) is 28.2 Å². The van der Waals surface area contributed by atoms with Crippen LogP contribution in [0, 0.1) is 11.6 Å². The van der Waals surface area contributed by atoms with Gasteiger partial charge in [0.1, 0.15) is 0 Å². The molecule has 0 fully saturated rings. The highest BCUT2D eigenvalue weighted by Crippen LogP contribution is 2.22. The summed E-state index contributed by atoms with van der Waals surface area (Å²) < 4.78 is 27.6. The number of benzene rings is 2. The van der Waals surface area contributed by atoms with Crippen LogP contribution in [0.25, 0.3) is 0 Å². The molecule has 0 aliphatic rings. The van der Waals surface area contributed by atoms with Crippen LogP contribution in [0.4, 0.5) is 14.5 Å². The van der Waals surface area contributed by atoms with Crippen molar-refractivity contribution >= 4 is 21.6 Å². The average molecular weight is 326 g/mol. The van der Waals surface area contributed by atoms with Gasteiger partial charge in [0.15, 0.2) is 11.6 Å². The maximum Gasteiger partial charge on any atom is 0.163 e. The smallest absolute Gasteiger partial charge is 0.163 e. The highest BCUT2D eigenvalue weighted by atomic mass is 79.9. The maximum atomic E-state index is 13.5. The van der Waals surface area contributed by atoms with E-state index in [1.807, 2.05) is 18.2 Å². The van der Waals surface area contributed by atoms with Crippen molar-refractivity contribution < 1.29 is 8.78 Å². The second kappa shape index (κ2) is 6.15. The van der Waals surface area contributed by atoms with E-state index in [1.165, 1.54) is 6.07 Å². The second-order valence-electron chi connectivity index (χ2n) is 4.22. The van der Waals surface area contributed by atoms with Gasteiger partial charge in [-0.3, -0.25) is 0 Å². The van der Waals surface area contributed by atoms with Gasteiger partial charge < -0.3 is 5.32 Å². The van der Waals surface area contributed by atoms with Crippen molar-refractivity contribution in [1.82, 2.24) is 0 Å². The molecule has 2 aromatic rings. The molecule has 2 rings (SSSR count). The normalized spacial score (nSPS) is 10.5. The largest absolute Gasteiger partial charge is 0.381 e. The van der Waals surface area contributed by atoms with E-state index in [-0.39, 0.29) is 6.54 Å². The number of rotatable bonds is 4. The fourth-order valence-electron chi connectivity index (χ4n) is 1.90. The molecular formula is C15H14BrF2N. The summed E-state index contributed by atoms with van der Waals surface area (Å²) in [7, 11) is 0. The Hall–Kier alpha value is -1.42. The molecule has 0 bridgehead atoms. The first-order valence-electron chi connectivity index (χ1n) is 6.07. The van der Waals surface area contributed by atoms with Crippen LogP contribution >= 0.6 is 15.9 Å². The van der Waals surface area contributed by atoms with Gasteiger partial charge in [-0.05, 0) is 36.2 Å². The molecule has 19 heavy (non-hydrogen) atoms. The summed E-state index contributed by atoms with van der Waals surface area (Å²) in [5, 5.41) is 3.15. The lowest BCUT2D eigenvalue weighted by Crippen LogP contribution is -2.05. The number of hydrogen-bond acceptors (Lipinski definition) is 1. The number of hydrogen-bond donors (Lipinski definition) is 1. The molecule has 1 nitrogen and oxygen atoms in total. The minimum absolute atomic E-state index is 0.262. The summed E-state index contributed by atoms with van der Waals surface area (Å²) in [5.41, 5.74) is 2.39. The van der Waals surface area contributed by atoms with Crippen LogP contribution < -0.4 is 5.32 Å². The van der Waals surface area contributed by atoms with Gasteiger partial charge in [0, 0.05) is 22.3 Å². The highest BCUT2D eigenvalue weighted by molar-refractivity contribution is 9.10. The Balaban J connectivity index is 2.17. The molecule has 0 radical (unpaired) electrons. The van der Waals surface area contributed by atoms with Crippen LogP contribution in [0.1, 0.15) is 18.1 Å². The van der Waals surface area contributed by atoms with E-state index in [1.54, 1.807) is 6.07 Å². The molecule has 0 amide bonds. The second-order valence-corrected chi connectivity index (χ2v) is 5.14. The van der Waals surface area contributed by atoms with Gasteiger partial charge in [-0.15, -0.1) is 0 Å². The maximum absolute atomic E-state index is 13.5. The van der Waals surface area contributed by atoms with Gasteiger partial charge in [0.05, 0.1) is 0 Å². The minimum atomic E-state index is -0.814. The zero-order valence-electron chi connectivity index (χ0n) is 10.5. The molecule has 0 saturated heterocycles. The summed E-state index contributed by atoms with van der Waals surface area (Å²) in [6.07, 6.45) is 0.868. The van der Waals surface area contributed by atoms with Crippen LogP contribution in [0.2, 0.25) is 0 Å². The third kappa shape index (κ3) is 3.32. The van der Waals surface area contributed by atoms with E-state index in [4.69, 9.17) is 0 Å². The van der Waals surface area contributed by atoms with Crippen molar-refractivity contribution in [2.45, 2.75) is 19.9 Å². The van der Waals surface area contributed by atoms with E-state index in [2.05, 4.69) is 28.2 Å². The first-order valence-corrected chi connectivity index (χ1v) is 6.86. The molecule has 0 saturated carbocycles. The van der Waals surface area contributed by atoms with E-state index in [9.17, 15) is 8.78 Å². The minimum Gasteiger partial charge on any atom is -0.381 e. The fourth-order valence-corrected chi connectivity index (χ4v) is 2.31. The third-order valence-corrected chi connectivity index (χ3v) is 3.44. The molecule has 4 heteroatoms. The Morgan fingerprint density at radius 3 is 2.63 bits per heavy atom. The number of aryl methyl sites for hydroxylation is 1. The van der Waals surface area contributed by atoms with Crippen molar-refractivity contribution in [2.24, 2.45) is 0 Å². The lowest BCUT2D eigenvalue weighted by Gasteiger charge is -2.12. The SMILES string of the molecule is CCc1cc(Br)ccc1NCc1cccc(F)c1F. The molecule has 100 valence electrons. The Kier molecular flexibility index (Phi) is 4.53. The lowest BCUT2D eigenvalue weighted by atomic mass is 10.1. The third-order valence-electron chi connectivity index (χ3n) is 2.95. The number of nitrogens with one attached hydrogen (secondary N) is 1. The Bertz CT molecular complexity index is 584. The molecule has 0 atom stereocenters. The molecule has 0 aliphatic heterocycles. The Labute approximate surface area is 119 Å². The van der Waals surface area contributed by atoms with Crippen molar-refractivity contribution in [2.75, 3.05) is 5.32 Å². The molecule has 0 aromatic heterocycles. The van der Waals surface area contributed by atoms with Crippen molar-refractivity contribution in [3.63, 3.8) is 0 Å². The van der Waals surface area contributed by atoms with Crippen LogP contribution in [-0.4, -0.2) is 0 Å². The lowest BCUT2D eigenvalue weighted by molar-refractivity contribution is 0.500. The highest BCUT2D eigenvalue weighted by Gasteiger charge is 2.08. The first kappa shape index (κ1) is 14.0. The zero-order valence-corrected chi connectivity index (χ0v) is 12.1. The van der Waals surface area contributed by atoms with Crippen LogP contribution in [0.15, 0.2) is 40.9 Å². The predicted molar refractivity (Wildman–Crippen MR) is 77.2 cm³/mol. The van der Waals surface area contributed by atoms with Gasteiger partial charge in [-0.2, -0.15) is 0 Å². The topological polar surface area (TPSA) is 12.0 Å². The van der Waals surface area contributed by atoms with E-state index < -0.39 is 11.6 Å². The quantitative estimate of drug-likeness (QED) is 0.842. The van der Waals surface area contributed by atoms with Crippen molar-refractivity contribution in [3.05, 3.63) is 63.6 Å². The van der Waals surface area contributed by atoms with Crippen molar-refractivity contribution in [3.8, 4) is 0 Å². The fraction of sp³-hybridized carbons (Fsp3) is 0.200. The van der Waals surface area contributed by atoms with Gasteiger partial charge >= 0.3 is 0 Å². The van der Waals surface area contributed by atoms with Crippen LogP contribution in [0.5, 0.6) is 0 Å². The summed E-state index contributed by atoms with van der Waals surface area (Å²) in [4.78, 5) is 0. The van der Waals surface area contributed by atoms with Gasteiger partial charge in [0.25, 0.3) is 0 Å². The molecule has 0 heterocycles. The van der Waals surface area contributed by atoms with E-state index in [0.29, 0.717) is 5.56 Å². The Morgan fingerprint density at radius 1 is 1.11 bits per heavy atom. The Morgan fingerprint density at radius 2 is 1.89 bits per heavy atom. The summed E-state index contributed by atoms with van der Waals surface area (Å²) in [5.74, 6) is -1.60. The summed E-state index contributed by atoms with van der Waals surface area (Å²) >= 11 is 3.42. The van der Waals surface area contributed by atoms with Gasteiger partial charge in [-0.1, -0.05) is 35.0 Å². The molecule has 0 spiro atoms. The number of anilines is 1. The average Bonchev–Trinajstić information content (AvgIpc) is 2.41. The van der Waals surface area contributed by atoms with Crippen LogP contribution in [0.3, 0.4) is 0 Å². The first-order chi connectivity index (χ1) is 9.11. The standard InChI is InChI=1S/C15H14BrF2N/c1-2-10-8-12(16)6-7-14(10)19-9-11-4-3-5-13(17)15(11)18/h3-8,19H,2,9H2,1H3. The van der Waals surface area contributed by atoms with E-state index >= 15 is 0 Å².